The van der Waals surface area contributed by atoms with Gasteiger partial charge in [-0.25, -0.2) is 4.39 Å². The van der Waals surface area contributed by atoms with Crippen LogP contribution >= 0.6 is 11.6 Å². The molecule has 0 saturated heterocycles. The molecule has 0 spiro atoms. The molecular weight excluding hydrogens is 275 g/mol. The third-order valence-electron chi connectivity index (χ3n) is 3.30. The van der Waals surface area contributed by atoms with E-state index in [1.54, 1.807) is 18.3 Å². The predicted octanol–water partition coefficient (Wildman–Crippen LogP) is 4.16. The number of rotatable bonds is 6. The number of pyridine rings is 1. The van der Waals surface area contributed by atoms with Crippen molar-refractivity contribution in [3.8, 4) is 0 Å². The SMILES string of the molecule is CC(NCCCc1c(F)cccc1Cl)c1cccnc1. The summed E-state index contributed by atoms with van der Waals surface area (Å²) in [4.78, 5) is 4.10. The minimum absolute atomic E-state index is 0.224. The maximum atomic E-state index is 13.6. The van der Waals surface area contributed by atoms with E-state index in [4.69, 9.17) is 11.6 Å². The van der Waals surface area contributed by atoms with Crippen molar-refractivity contribution in [2.45, 2.75) is 25.8 Å². The zero-order valence-corrected chi connectivity index (χ0v) is 12.2. The Balaban J connectivity index is 1.80. The van der Waals surface area contributed by atoms with Crippen LogP contribution in [-0.2, 0) is 6.42 Å². The molecule has 20 heavy (non-hydrogen) atoms. The summed E-state index contributed by atoms with van der Waals surface area (Å²) in [5.41, 5.74) is 1.75. The molecule has 106 valence electrons. The maximum absolute atomic E-state index is 13.6. The van der Waals surface area contributed by atoms with Gasteiger partial charge in [0.15, 0.2) is 0 Å². The highest BCUT2D eigenvalue weighted by Gasteiger charge is 2.07. The summed E-state index contributed by atoms with van der Waals surface area (Å²) in [7, 11) is 0. The van der Waals surface area contributed by atoms with Gasteiger partial charge in [-0.05, 0) is 50.1 Å². The molecule has 0 bridgehead atoms. The third kappa shape index (κ3) is 4.02. The van der Waals surface area contributed by atoms with Gasteiger partial charge in [0.1, 0.15) is 5.82 Å². The van der Waals surface area contributed by atoms with Crippen molar-refractivity contribution in [2.75, 3.05) is 6.54 Å². The van der Waals surface area contributed by atoms with Crippen molar-refractivity contribution in [2.24, 2.45) is 0 Å². The molecule has 1 heterocycles. The Hall–Kier alpha value is -1.45. The first-order valence-corrected chi connectivity index (χ1v) is 7.12. The Kier molecular flexibility index (Phi) is 5.50. The lowest BCUT2D eigenvalue weighted by Gasteiger charge is -2.14. The van der Waals surface area contributed by atoms with Gasteiger partial charge in [-0.2, -0.15) is 0 Å². The summed E-state index contributed by atoms with van der Waals surface area (Å²) < 4.78 is 13.6. The lowest BCUT2D eigenvalue weighted by Crippen LogP contribution is -2.20. The van der Waals surface area contributed by atoms with Crippen molar-refractivity contribution < 1.29 is 4.39 Å². The maximum Gasteiger partial charge on any atom is 0.127 e. The minimum Gasteiger partial charge on any atom is -0.310 e. The first-order valence-electron chi connectivity index (χ1n) is 6.74. The third-order valence-corrected chi connectivity index (χ3v) is 3.65. The van der Waals surface area contributed by atoms with Crippen LogP contribution in [0.5, 0.6) is 0 Å². The molecule has 1 aromatic heterocycles. The Bertz CT molecular complexity index is 525. The first kappa shape index (κ1) is 14.9. The summed E-state index contributed by atoms with van der Waals surface area (Å²) in [6, 6.07) is 9.01. The standard InChI is InChI=1S/C16H18ClFN2/c1-12(13-5-3-9-19-11-13)20-10-4-6-14-15(17)7-2-8-16(14)18/h2-3,5,7-9,11-12,20H,4,6,10H2,1H3. The van der Waals surface area contributed by atoms with E-state index in [0.29, 0.717) is 17.0 Å². The van der Waals surface area contributed by atoms with E-state index in [0.717, 1.165) is 18.5 Å². The number of hydrogen-bond donors (Lipinski definition) is 1. The summed E-state index contributed by atoms with van der Waals surface area (Å²) in [5, 5.41) is 3.91. The zero-order chi connectivity index (χ0) is 14.4. The Morgan fingerprint density at radius 1 is 1.30 bits per heavy atom. The lowest BCUT2D eigenvalue weighted by molar-refractivity contribution is 0.548. The van der Waals surface area contributed by atoms with E-state index in [2.05, 4.69) is 17.2 Å². The van der Waals surface area contributed by atoms with Gasteiger partial charge < -0.3 is 5.32 Å². The highest BCUT2D eigenvalue weighted by Crippen LogP contribution is 2.20. The smallest absolute Gasteiger partial charge is 0.127 e. The molecule has 0 fully saturated rings. The predicted molar refractivity (Wildman–Crippen MR) is 80.4 cm³/mol. The van der Waals surface area contributed by atoms with Gasteiger partial charge in [0.2, 0.25) is 0 Å². The molecule has 4 heteroatoms. The monoisotopic (exact) mass is 292 g/mol. The molecule has 0 amide bonds. The number of nitrogens with one attached hydrogen (secondary N) is 1. The largest absolute Gasteiger partial charge is 0.310 e. The average Bonchev–Trinajstić information content (AvgIpc) is 2.46. The van der Waals surface area contributed by atoms with Crippen molar-refractivity contribution in [1.82, 2.24) is 10.3 Å². The van der Waals surface area contributed by atoms with Crippen LogP contribution in [0.15, 0.2) is 42.7 Å². The van der Waals surface area contributed by atoms with E-state index < -0.39 is 0 Å². The highest BCUT2D eigenvalue weighted by atomic mass is 35.5. The van der Waals surface area contributed by atoms with Gasteiger partial charge in [0.25, 0.3) is 0 Å². The van der Waals surface area contributed by atoms with Crippen LogP contribution in [0.3, 0.4) is 0 Å². The van der Waals surface area contributed by atoms with E-state index >= 15 is 0 Å². The summed E-state index contributed by atoms with van der Waals surface area (Å²) in [5.74, 6) is -0.224. The second kappa shape index (κ2) is 7.36. The Morgan fingerprint density at radius 3 is 2.85 bits per heavy atom. The van der Waals surface area contributed by atoms with Crippen LogP contribution in [0.2, 0.25) is 5.02 Å². The number of benzene rings is 1. The van der Waals surface area contributed by atoms with E-state index in [-0.39, 0.29) is 11.9 Å². The quantitative estimate of drug-likeness (QED) is 0.809. The second-order valence-electron chi connectivity index (χ2n) is 4.77. The van der Waals surface area contributed by atoms with Gasteiger partial charge in [-0.15, -0.1) is 0 Å². The number of aromatic nitrogens is 1. The molecule has 2 nitrogen and oxygen atoms in total. The molecule has 0 radical (unpaired) electrons. The topological polar surface area (TPSA) is 24.9 Å². The molecule has 1 N–H and O–H groups in total. The van der Waals surface area contributed by atoms with Crippen molar-refractivity contribution in [3.63, 3.8) is 0 Å². The normalized spacial score (nSPS) is 12.3. The fourth-order valence-electron chi connectivity index (χ4n) is 2.10. The van der Waals surface area contributed by atoms with Crippen LogP contribution < -0.4 is 5.32 Å². The van der Waals surface area contributed by atoms with Crippen LogP contribution in [0.4, 0.5) is 4.39 Å². The van der Waals surface area contributed by atoms with Gasteiger partial charge in [-0.1, -0.05) is 23.7 Å². The molecule has 2 rings (SSSR count). The lowest BCUT2D eigenvalue weighted by atomic mass is 10.1. The van der Waals surface area contributed by atoms with Crippen molar-refractivity contribution >= 4 is 11.6 Å². The van der Waals surface area contributed by atoms with E-state index in [1.165, 1.54) is 6.07 Å². The summed E-state index contributed by atoms with van der Waals surface area (Å²) in [6.07, 6.45) is 5.09. The van der Waals surface area contributed by atoms with Crippen LogP contribution in [0.1, 0.15) is 30.5 Å². The molecule has 0 aliphatic rings. The fourth-order valence-corrected chi connectivity index (χ4v) is 2.36. The zero-order valence-electron chi connectivity index (χ0n) is 11.4. The molecule has 0 saturated carbocycles. The van der Waals surface area contributed by atoms with Crippen LogP contribution in [0, 0.1) is 5.82 Å². The average molecular weight is 293 g/mol. The highest BCUT2D eigenvalue weighted by molar-refractivity contribution is 6.31. The molecule has 1 unspecified atom stereocenters. The van der Waals surface area contributed by atoms with Gasteiger partial charge in [-0.3, -0.25) is 4.98 Å². The van der Waals surface area contributed by atoms with E-state index in [1.807, 2.05) is 18.3 Å². The van der Waals surface area contributed by atoms with Crippen LogP contribution in [-0.4, -0.2) is 11.5 Å². The molecule has 0 aliphatic heterocycles. The first-order chi connectivity index (χ1) is 9.68. The van der Waals surface area contributed by atoms with Gasteiger partial charge in [0.05, 0.1) is 0 Å². The molecule has 1 aromatic carbocycles. The number of hydrogen-bond acceptors (Lipinski definition) is 2. The number of halogens is 2. The Labute approximate surface area is 124 Å². The Morgan fingerprint density at radius 2 is 2.15 bits per heavy atom. The van der Waals surface area contributed by atoms with E-state index in [9.17, 15) is 4.39 Å². The van der Waals surface area contributed by atoms with Gasteiger partial charge >= 0.3 is 0 Å². The molecular formula is C16H18ClFN2. The minimum atomic E-state index is -0.224. The second-order valence-corrected chi connectivity index (χ2v) is 5.17. The number of nitrogens with zero attached hydrogens (tertiary/aromatic N) is 1. The molecule has 1 atom stereocenters. The summed E-state index contributed by atoms with van der Waals surface area (Å²) >= 11 is 6.00. The summed E-state index contributed by atoms with van der Waals surface area (Å²) in [6.45, 7) is 2.90. The molecule has 2 aromatic rings. The fraction of sp³-hybridized carbons (Fsp3) is 0.312. The van der Waals surface area contributed by atoms with Gasteiger partial charge in [0, 0.05) is 29.0 Å². The van der Waals surface area contributed by atoms with Crippen molar-refractivity contribution in [1.29, 1.82) is 0 Å². The van der Waals surface area contributed by atoms with Crippen molar-refractivity contribution in [3.05, 3.63) is 64.7 Å². The molecule has 0 aliphatic carbocycles. The van der Waals surface area contributed by atoms with Crippen LogP contribution in [0.25, 0.3) is 0 Å².